The molecule has 1 fully saturated rings. The van der Waals surface area contributed by atoms with Crippen molar-refractivity contribution in [2.24, 2.45) is 0 Å². The van der Waals surface area contributed by atoms with Crippen LogP contribution in [0.4, 0.5) is 10.5 Å². The van der Waals surface area contributed by atoms with Crippen molar-refractivity contribution in [2.45, 2.75) is 18.9 Å². The first-order valence-electron chi connectivity index (χ1n) is 6.46. The van der Waals surface area contributed by atoms with Crippen LogP contribution in [0.2, 0.25) is 0 Å². The molecule has 21 heavy (non-hydrogen) atoms. The number of amides is 3. The molecule has 0 atom stereocenters. The van der Waals surface area contributed by atoms with Gasteiger partial charge in [0.2, 0.25) is 5.91 Å². The van der Waals surface area contributed by atoms with E-state index in [4.69, 9.17) is 5.11 Å². The van der Waals surface area contributed by atoms with Crippen LogP contribution in [0.25, 0.3) is 0 Å². The zero-order chi connectivity index (χ0) is 15.4. The second kappa shape index (κ2) is 6.21. The Morgan fingerprint density at radius 3 is 2.62 bits per heavy atom. The summed E-state index contributed by atoms with van der Waals surface area (Å²) in [6.45, 7) is -0.0387. The van der Waals surface area contributed by atoms with Crippen LogP contribution in [-0.4, -0.2) is 52.5 Å². The van der Waals surface area contributed by atoms with Crippen LogP contribution in [0.1, 0.15) is 23.3 Å². The molecule has 1 aromatic rings. The summed E-state index contributed by atoms with van der Waals surface area (Å²) in [5, 5.41) is 14.0. The molecule has 1 saturated carbocycles. The minimum Gasteiger partial charge on any atom is -0.477 e. The molecular formula is C13H16N4O4. The van der Waals surface area contributed by atoms with Crippen molar-refractivity contribution in [1.29, 1.82) is 0 Å². The molecule has 0 radical (unpaired) electrons. The Bertz CT molecular complexity index is 554. The zero-order valence-electron chi connectivity index (χ0n) is 11.5. The second-order valence-electron chi connectivity index (χ2n) is 4.87. The summed E-state index contributed by atoms with van der Waals surface area (Å²) in [6.07, 6.45) is 3.23. The molecule has 1 aliphatic rings. The number of hydrogen-bond acceptors (Lipinski definition) is 4. The third kappa shape index (κ3) is 4.44. The average Bonchev–Trinajstić information content (AvgIpc) is 3.22. The molecule has 1 aromatic heterocycles. The maximum Gasteiger partial charge on any atom is 0.354 e. The van der Waals surface area contributed by atoms with Crippen LogP contribution in [0.15, 0.2) is 18.3 Å². The summed E-state index contributed by atoms with van der Waals surface area (Å²) in [4.78, 5) is 39.0. The molecule has 8 heteroatoms. The van der Waals surface area contributed by atoms with E-state index in [0.717, 1.165) is 12.8 Å². The summed E-state index contributed by atoms with van der Waals surface area (Å²) in [6, 6.07) is 2.51. The van der Waals surface area contributed by atoms with Crippen LogP contribution in [-0.2, 0) is 4.79 Å². The Balaban J connectivity index is 1.84. The molecule has 0 aliphatic heterocycles. The standard InChI is InChI=1S/C13H16N4O4/c1-17(7-11(18)15-8-2-3-8)13(21)16-9-4-5-10(12(19)20)14-6-9/h4-6,8H,2-3,7H2,1H3,(H,15,18)(H,16,21)(H,19,20). The van der Waals surface area contributed by atoms with Crippen molar-refractivity contribution < 1.29 is 19.5 Å². The largest absolute Gasteiger partial charge is 0.477 e. The fraction of sp³-hybridized carbons (Fsp3) is 0.385. The predicted molar refractivity (Wildman–Crippen MR) is 74.0 cm³/mol. The number of carboxylic acid groups (broad SMARTS) is 1. The van der Waals surface area contributed by atoms with E-state index in [1.54, 1.807) is 0 Å². The van der Waals surface area contributed by atoms with Gasteiger partial charge in [0, 0.05) is 13.1 Å². The number of carboxylic acids is 1. The monoisotopic (exact) mass is 292 g/mol. The van der Waals surface area contributed by atoms with Gasteiger partial charge >= 0.3 is 12.0 Å². The van der Waals surface area contributed by atoms with Gasteiger partial charge in [0.1, 0.15) is 12.2 Å². The Morgan fingerprint density at radius 1 is 1.38 bits per heavy atom. The van der Waals surface area contributed by atoms with Gasteiger partial charge in [-0.2, -0.15) is 0 Å². The van der Waals surface area contributed by atoms with Crippen molar-refractivity contribution in [2.75, 3.05) is 18.9 Å². The fourth-order valence-electron chi connectivity index (χ4n) is 1.60. The van der Waals surface area contributed by atoms with Crippen molar-refractivity contribution in [3.63, 3.8) is 0 Å². The molecule has 3 N–H and O–H groups in total. The maximum absolute atomic E-state index is 11.9. The Kier molecular flexibility index (Phi) is 4.36. The Morgan fingerprint density at radius 2 is 2.10 bits per heavy atom. The van der Waals surface area contributed by atoms with Crippen LogP contribution < -0.4 is 10.6 Å². The first-order valence-corrected chi connectivity index (χ1v) is 6.46. The highest BCUT2D eigenvalue weighted by Crippen LogP contribution is 2.18. The second-order valence-corrected chi connectivity index (χ2v) is 4.87. The van der Waals surface area contributed by atoms with Crippen LogP contribution in [0.3, 0.4) is 0 Å². The number of aromatic nitrogens is 1. The van der Waals surface area contributed by atoms with Gasteiger partial charge in [0.15, 0.2) is 0 Å². The molecule has 1 aliphatic carbocycles. The lowest BCUT2D eigenvalue weighted by atomic mass is 10.3. The van der Waals surface area contributed by atoms with Gasteiger partial charge in [-0.1, -0.05) is 0 Å². The number of hydrogen-bond donors (Lipinski definition) is 3. The van der Waals surface area contributed by atoms with Gasteiger partial charge in [0.05, 0.1) is 11.9 Å². The van der Waals surface area contributed by atoms with E-state index in [-0.39, 0.29) is 24.2 Å². The van der Waals surface area contributed by atoms with E-state index in [9.17, 15) is 14.4 Å². The van der Waals surface area contributed by atoms with Gasteiger partial charge in [-0.15, -0.1) is 0 Å². The van der Waals surface area contributed by atoms with Gasteiger partial charge in [0.25, 0.3) is 0 Å². The van der Waals surface area contributed by atoms with Gasteiger partial charge < -0.3 is 20.6 Å². The van der Waals surface area contributed by atoms with Gasteiger partial charge in [-0.05, 0) is 25.0 Å². The molecule has 1 heterocycles. The third-order valence-corrected chi connectivity index (χ3v) is 2.90. The lowest BCUT2D eigenvalue weighted by Gasteiger charge is -2.17. The smallest absolute Gasteiger partial charge is 0.354 e. The minimum absolute atomic E-state index is 0.0387. The summed E-state index contributed by atoms with van der Waals surface area (Å²) < 4.78 is 0. The first kappa shape index (κ1) is 14.8. The predicted octanol–water partition coefficient (Wildman–Crippen LogP) is 0.522. The first-order chi connectivity index (χ1) is 9.95. The van der Waals surface area contributed by atoms with E-state index in [1.165, 1.54) is 30.3 Å². The van der Waals surface area contributed by atoms with E-state index in [2.05, 4.69) is 15.6 Å². The number of rotatable bonds is 5. The molecular weight excluding hydrogens is 276 g/mol. The summed E-state index contributed by atoms with van der Waals surface area (Å²) in [7, 11) is 1.50. The molecule has 0 bridgehead atoms. The maximum atomic E-state index is 11.9. The molecule has 0 unspecified atom stereocenters. The number of carbonyl (C=O) groups excluding carboxylic acids is 2. The average molecular weight is 292 g/mol. The lowest BCUT2D eigenvalue weighted by molar-refractivity contribution is -0.121. The molecule has 2 rings (SSSR count). The molecule has 8 nitrogen and oxygen atoms in total. The third-order valence-electron chi connectivity index (χ3n) is 2.90. The van der Waals surface area contributed by atoms with Crippen molar-refractivity contribution >= 4 is 23.6 Å². The number of pyridine rings is 1. The van der Waals surface area contributed by atoms with E-state index in [1.807, 2.05) is 0 Å². The number of nitrogens with zero attached hydrogens (tertiary/aromatic N) is 2. The summed E-state index contributed by atoms with van der Waals surface area (Å²) in [5.41, 5.74) is 0.254. The molecule has 0 saturated heterocycles. The van der Waals surface area contributed by atoms with E-state index >= 15 is 0 Å². The number of likely N-dealkylation sites (N-methyl/N-ethyl adjacent to an activating group) is 1. The van der Waals surface area contributed by atoms with E-state index in [0.29, 0.717) is 5.69 Å². The van der Waals surface area contributed by atoms with Gasteiger partial charge in [-0.25, -0.2) is 14.6 Å². The Labute approximate surface area is 121 Å². The number of anilines is 1. The summed E-state index contributed by atoms with van der Waals surface area (Å²) >= 11 is 0. The topological polar surface area (TPSA) is 112 Å². The van der Waals surface area contributed by atoms with Crippen molar-refractivity contribution in [3.8, 4) is 0 Å². The number of aromatic carboxylic acids is 1. The number of urea groups is 1. The number of nitrogens with one attached hydrogen (secondary N) is 2. The fourth-order valence-corrected chi connectivity index (χ4v) is 1.60. The zero-order valence-corrected chi connectivity index (χ0v) is 11.5. The van der Waals surface area contributed by atoms with Gasteiger partial charge in [-0.3, -0.25) is 4.79 Å². The summed E-state index contributed by atoms with van der Waals surface area (Å²) in [5.74, 6) is -1.34. The highest BCUT2D eigenvalue weighted by atomic mass is 16.4. The van der Waals surface area contributed by atoms with E-state index < -0.39 is 12.0 Å². The van der Waals surface area contributed by atoms with Crippen molar-refractivity contribution in [1.82, 2.24) is 15.2 Å². The number of carbonyl (C=O) groups is 3. The highest BCUT2D eigenvalue weighted by molar-refractivity contribution is 5.92. The van der Waals surface area contributed by atoms with Crippen LogP contribution in [0, 0.1) is 0 Å². The van der Waals surface area contributed by atoms with Crippen LogP contribution in [0.5, 0.6) is 0 Å². The minimum atomic E-state index is -1.14. The van der Waals surface area contributed by atoms with Crippen LogP contribution >= 0.6 is 0 Å². The molecule has 112 valence electrons. The SMILES string of the molecule is CN(CC(=O)NC1CC1)C(=O)Nc1ccc(C(=O)O)nc1. The molecule has 0 spiro atoms. The normalized spacial score (nSPS) is 13.4. The highest BCUT2D eigenvalue weighted by Gasteiger charge is 2.24. The molecule has 3 amide bonds. The molecule has 0 aromatic carbocycles. The van der Waals surface area contributed by atoms with Crippen molar-refractivity contribution in [3.05, 3.63) is 24.0 Å². The Hall–Kier alpha value is -2.64. The quantitative estimate of drug-likeness (QED) is 0.732. The lowest BCUT2D eigenvalue weighted by Crippen LogP contribution is -2.41.